The quantitative estimate of drug-likeness (QED) is 0.728. The summed E-state index contributed by atoms with van der Waals surface area (Å²) in [6.45, 7) is 4.90. The van der Waals surface area contributed by atoms with Crippen LogP contribution in [0.4, 0.5) is 0 Å². The van der Waals surface area contributed by atoms with Crippen LogP contribution >= 0.6 is 0 Å². The van der Waals surface area contributed by atoms with Crippen LogP contribution in [0.25, 0.3) is 10.8 Å². The lowest BCUT2D eigenvalue weighted by Crippen LogP contribution is -2.32. The molecular formula is C22H25N3O2. The van der Waals surface area contributed by atoms with Crippen molar-refractivity contribution in [3.05, 3.63) is 65.7 Å². The smallest absolute Gasteiger partial charge is 0.251 e. The fraction of sp³-hybridized carbons (Fsp3) is 0.364. The van der Waals surface area contributed by atoms with E-state index in [4.69, 9.17) is 0 Å². The summed E-state index contributed by atoms with van der Waals surface area (Å²) in [6.07, 6.45) is 6.16. The zero-order valence-electron chi connectivity index (χ0n) is 15.8. The highest BCUT2D eigenvalue weighted by molar-refractivity contribution is 5.98. The van der Waals surface area contributed by atoms with Crippen molar-refractivity contribution >= 4 is 16.7 Å². The highest BCUT2D eigenvalue weighted by Crippen LogP contribution is 2.39. The van der Waals surface area contributed by atoms with Gasteiger partial charge in [-0.3, -0.25) is 4.79 Å². The minimum atomic E-state index is -1.00. The van der Waals surface area contributed by atoms with Gasteiger partial charge in [-0.1, -0.05) is 31.5 Å². The average molecular weight is 363 g/mol. The molecular weight excluding hydrogens is 338 g/mol. The van der Waals surface area contributed by atoms with Gasteiger partial charge in [-0.25, -0.2) is 4.98 Å². The second-order valence-corrected chi connectivity index (χ2v) is 7.52. The zero-order chi connectivity index (χ0) is 19.0. The monoisotopic (exact) mass is 363 g/mol. The van der Waals surface area contributed by atoms with Gasteiger partial charge < -0.3 is 15.0 Å². The fourth-order valence-electron chi connectivity index (χ4n) is 4.00. The number of hydrogen-bond donors (Lipinski definition) is 2. The number of aliphatic hydroxyl groups is 1. The third-order valence-corrected chi connectivity index (χ3v) is 5.53. The fourth-order valence-corrected chi connectivity index (χ4v) is 4.00. The van der Waals surface area contributed by atoms with Gasteiger partial charge in [-0.05, 0) is 47.9 Å². The number of hydrogen-bond acceptors (Lipinski definition) is 3. The van der Waals surface area contributed by atoms with Gasteiger partial charge in [0, 0.05) is 24.6 Å². The topological polar surface area (TPSA) is 67.2 Å². The van der Waals surface area contributed by atoms with E-state index in [1.807, 2.05) is 47.9 Å². The number of imidazole rings is 1. The number of amides is 1. The lowest BCUT2D eigenvalue weighted by Gasteiger charge is -2.23. The van der Waals surface area contributed by atoms with E-state index >= 15 is 0 Å². The summed E-state index contributed by atoms with van der Waals surface area (Å²) in [7, 11) is 0. The average Bonchev–Trinajstić information content (AvgIpc) is 3.25. The van der Waals surface area contributed by atoms with Crippen LogP contribution in [0, 0.1) is 0 Å². The van der Waals surface area contributed by atoms with Crippen LogP contribution < -0.4 is 5.32 Å². The van der Waals surface area contributed by atoms with Gasteiger partial charge in [0.05, 0.1) is 18.2 Å². The largest absolute Gasteiger partial charge is 0.379 e. The molecule has 3 aromatic rings. The Kier molecular flexibility index (Phi) is 4.48. The van der Waals surface area contributed by atoms with Crippen molar-refractivity contribution in [3.63, 3.8) is 0 Å². The summed E-state index contributed by atoms with van der Waals surface area (Å²) >= 11 is 0. The third-order valence-electron chi connectivity index (χ3n) is 5.53. The molecule has 0 fully saturated rings. The normalized spacial score (nSPS) is 19.8. The number of benzene rings is 2. The van der Waals surface area contributed by atoms with Gasteiger partial charge in [0.15, 0.2) is 0 Å². The first-order valence-electron chi connectivity index (χ1n) is 9.59. The molecule has 1 aliphatic rings. The van der Waals surface area contributed by atoms with Crippen LogP contribution in [0.2, 0.25) is 0 Å². The minimum absolute atomic E-state index is 0.0414. The van der Waals surface area contributed by atoms with Crippen LogP contribution in [0.1, 0.15) is 54.7 Å². The standard InChI is InChI=1S/C22H25N3O2/c1-3-4-15(2)24-21(26)18-6-5-17-12-19(8-7-16(17)11-18)22(27)9-10-25-14-23-13-20(22)25/h5-8,11-15,27H,3-4,9-10H2,1-2H3,(H,24,26). The molecule has 0 aliphatic carbocycles. The molecule has 2 atom stereocenters. The molecule has 27 heavy (non-hydrogen) atoms. The lowest BCUT2D eigenvalue weighted by molar-refractivity contribution is 0.0826. The van der Waals surface area contributed by atoms with E-state index in [2.05, 4.69) is 17.2 Å². The molecule has 0 bridgehead atoms. The maximum absolute atomic E-state index is 12.4. The molecule has 0 saturated carbocycles. The van der Waals surface area contributed by atoms with Crippen LogP contribution in [-0.2, 0) is 12.1 Å². The summed E-state index contributed by atoms with van der Waals surface area (Å²) in [6, 6.07) is 11.8. The van der Waals surface area contributed by atoms with Crippen molar-refractivity contribution in [2.24, 2.45) is 0 Å². The predicted octanol–water partition coefficient (Wildman–Crippen LogP) is 3.59. The van der Waals surface area contributed by atoms with Gasteiger partial charge in [-0.15, -0.1) is 0 Å². The molecule has 2 N–H and O–H groups in total. The second kappa shape index (κ2) is 6.82. The number of nitrogens with zero attached hydrogens (tertiary/aromatic N) is 2. The second-order valence-electron chi connectivity index (χ2n) is 7.52. The van der Waals surface area contributed by atoms with E-state index in [0.29, 0.717) is 12.0 Å². The summed E-state index contributed by atoms with van der Waals surface area (Å²) in [5, 5.41) is 16.3. The van der Waals surface area contributed by atoms with Crippen molar-refractivity contribution in [3.8, 4) is 0 Å². The van der Waals surface area contributed by atoms with Crippen LogP contribution in [0.5, 0.6) is 0 Å². The highest BCUT2D eigenvalue weighted by atomic mass is 16.3. The molecule has 0 spiro atoms. The van der Waals surface area contributed by atoms with Gasteiger partial charge in [-0.2, -0.15) is 0 Å². The molecule has 0 radical (unpaired) electrons. The molecule has 5 nitrogen and oxygen atoms in total. The van der Waals surface area contributed by atoms with E-state index in [0.717, 1.165) is 41.4 Å². The third kappa shape index (κ3) is 3.12. The van der Waals surface area contributed by atoms with Gasteiger partial charge >= 0.3 is 0 Å². The Bertz CT molecular complexity index is 994. The zero-order valence-corrected chi connectivity index (χ0v) is 15.8. The van der Waals surface area contributed by atoms with E-state index in [1.165, 1.54) is 0 Å². The highest BCUT2D eigenvalue weighted by Gasteiger charge is 2.39. The predicted molar refractivity (Wildman–Crippen MR) is 106 cm³/mol. The Morgan fingerprint density at radius 2 is 2.07 bits per heavy atom. The van der Waals surface area contributed by atoms with Crippen LogP contribution in [0.15, 0.2) is 48.9 Å². The van der Waals surface area contributed by atoms with Crippen molar-refractivity contribution in [2.45, 2.75) is 51.3 Å². The van der Waals surface area contributed by atoms with E-state index < -0.39 is 5.60 Å². The maximum Gasteiger partial charge on any atom is 0.251 e. The molecule has 4 rings (SSSR count). The first-order valence-corrected chi connectivity index (χ1v) is 9.59. The molecule has 5 heteroatoms. The molecule has 2 unspecified atom stereocenters. The molecule has 140 valence electrons. The van der Waals surface area contributed by atoms with Gasteiger partial charge in [0.2, 0.25) is 0 Å². The summed E-state index contributed by atoms with van der Waals surface area (Å²) < 4.78 is 2.00. The van der Waals surface area contributed by atoms with Crippen molar-refractivity contribution < 1.29 is 9.90 Å². The SMILES string of the molecule is CCCC(C)NC(=O)c1ccc2cc(C3(O)CCn4cncc43)ccc2c1. The first kappa shape index (κ1) is 17.7. The maximum atomic E-state index is 12.4. The summed E-state index contributed by atoms with van der Waals surface area (Å²) in [5.74, 6) is -0.0414. The Balaban J connectivity index is 1.63. The molecule has 1 aromatic heterocycles. The van der Waals surface area contributed by atoms with Crippen molar-refractivity contribution in [2.75, 3.05) is 0 Å². The number of carbonyl (C=O) groups excluding carboxylic acids is 1. The van der Waals surface area contributed by atoms with Crippen LogP contribution in [0.3, 0.4) is 0 Å². The minimum Gasteiger partial charge on any atom is -0.379 e. The van der Waals surface area contributed by atoms with E-state index in [9.17, 15) is 9.90 Å². The molecule has 2 heterocycles. The van der Waals surface area contributed by atoms with Gasteiger partial charge in [0.1, 0.15) is 5.60 Å². The Morgan fingerprint density at radius 1 is 1.30 bits per heavy atom. The summed E-state index contributed by atoms with van der Waals surface area (Å²) in [4.78, 5) is 16.6. The molecule has 2 aromatic carbocycles. The van der Waals surface area contributed by atoms with Crippen molar-refractivity contribution in [1.29, 1.82) is 0 Å². The number of fused-ring (bicyclic) bond motifs is 2. The molecule has 1 aliphatic heterocycles. The number of rotatable bonds is 5. The van der Waals surface area contributed by atoms with Gasteiger partial charge in [0.25, 0.3) is 5.91 Å². The Morgan fingerprint density at radius 3 is 2.89 bits per heavy atom. The molecule has 1 amide bonds. The summed E-state index contributed by atoms with van der Waals surface area (Å²) in [5.41, 5.74) is 1.36. The molecule has 0 saturated heterocycles. The van der Waals surface area contributed by atoms with Crippen LogP contribution in [-0.4, -0.2) is 26.6 Å². The van der Waals surface area contributed by atoms with E-state index in [1.54, 1.807) is 12.5 Å². The number of aromatic nitrogens is 2. The first-order chi connectivity index (χ1) is 13.0. The number of carbonyl (C=O) groups is 1. The van der Waals surface area contributed by atoms with Crippen molar-refractivity contribution in [1.82, 2.24) is 14.9 Å². The lowest BCUT2D eigenvalue weighted by atomic mass is 9.88. The number of nitrogens with one attached hydrogen (secondary N) is 1. The Hall–Kier alpha value is -2.66. The Labute approximate surface area is 159 Å². The number of aryl methyl sites for hydroxylation is 1. The van der Waals surface area contributed by atoms with E-state index in [-0.39, 0.29) is 11.9 Å².